The summed E-state index contributed by atoms with van der Waals surface area (Å²) in [6.07, 6.45) is 5.83. The lowest BCUT2D eigenvalue weighted by Crippen LogP contribution is -2.10. The molecule has 62 valence electrons. The Kier molecular flexibility index (Phi) is 5.49. The van der Waals surface area contributed by atoms with Gasteiger partial charge in [-0.15, -0.1) is 0 Å². The number of hydrogen-bond acceptors (Lipinski definition) is 1. The molecule has 0 aromatic heterocycles. The van der Waals surface area contributed by atoms with Crippen molar-refractivity contribution in [2.24, 2.45) is 0 Å². The predicted octanol–water partition coefficient (Wildman–Crippen LogP) is 2.28. The van der Waals surface area contributed by atoms with Gasteiger partial charge in [-0.05, 0) is 26.5 Å². The fourth-order valence-corrected chi connectivity index (χ4v) is 0.777. The molecule has 11 heavy (non-hydrogen) atoms. The van der Waals surface area contributed by atoms with Crippen LogP contribution in [0, 0.1) is 0 Å². The minimum atomic E-state index is 0.923. The molecule has 0 saturated carbocycles. The van der Waals surface area contributed by atoms with Crippen LogP contribution in [0.2, 0.25) is 0 Å². The molecule has 0 saturated heterocycles. The summed E-state index contributed by atoms with van der Waals surface area (Å²) in [5.41, 5.74) is 2.67. The van der Waals surface area contributed by atoms with Crippen LogP contribution in [0.1, 0.15) is 13.8 Å². The molecular weight excluding hydrogens is 134 g/mol. The average molecular weight is 151 g/mol. The van der Waals surface area contributed by atoms with Crippen molar-refractivity contribution in [1.29, 1.82) is 0 Å². The molecule has 0 aliphatic heterocycles. The van der Waals surface area contributed by atoms with Crippen LogP contribution < -0.4 is 5.32 Å². The molecule has 1 nitrogen and oxygen atoms in total. The van der Waals surface area contributed by atoms with E-state index in [-0.39, 0.29) is 0 Å². The zero-order valence-corrected chi connectivity index (χ0v) is 7.65. The number of nitrogens with one attached hydrogen (secondary N) is 1. The summed E-state index contributed by atoms with van der Waals surface area (Å²) in [7, 11) is 1.95. The van der Waals surface area contributed by atoms with Crippen LogP contribution in [-0.2, 0) is 0 Å². The van der Waals surface area contributed by atoms with Crippen LogP contribution in [-0.4, -0.2) is 13.6 Å². The van der Waals surface area contributed by atoms with E-state index in [9.17, 15) is 0 Å². The van der Waals surface area contributed by atoms with Crippen LogP contribution in [0.3, 0.4) is 0 Å². The minimum Gasteiger partial charge on any atom is -0.316 e. The molecule has 1 N–H and O–H groups in total. The summed E-state index contributed by atoms with van der Waals surface area (Å²) in [6, 6.07) is 0. The van der Waals surface area contributed by atoms with Gasteiger partial charge in [0, 0.05) is 6.54 Å². The SMILES string of the molecule is C=C/C=C\C(CNC)=C(C)C. The van der Waals surface area contributed by atoms with Crippen LogP contribution in [0.25, 0.3) is 0 Å². The van der Waals surface area contributed by atoms with Gasteiger partial charge in [0.25, 0.3) is 0 Å². The fourth-order valence-electron chi connectivity index (χ4n) is 0.777. The zero-order chi connectivity index (χ0) is 8.69. The van der Waals surface area contributed by atoms with E-state index in [4.69, 9.17) is 0 Å². The highest BCUT2D eigenvalue weighted by atomic mass is 14.8. The van der Waals surface area contributed by atoms with Crippen molar-refractivity contribution in [2.75, 3.05) is 13.6 Å². The van der Waals surface area contributed by atoms with Crippen molar-refractivity contribution in [2.45, 2.75) is 13.8 Å². The van der Waals surface area contributed by atoms with E-state index >= 15 is 0 Å². The van der Waals surface area contributed by atoms with Crippen molar-refractivity contribution in [3.63, 3.8) is 0 Å². The Morgan fingerprint density at radius 3 is 2.45 bits per heavy atom. The van der Waals surface area contributed by atoms with Gasteiger partial charge in [-0.1, -0.05) is 30.4 Å². The molecule has 0 aromatic rings. The summed E-state index contributed by atoms with van der Waals surface area (Å²) < 4.78 is 0. The normalized spacial score (nSPS) is 10.1. The van der Waals surface area contributed by atoms with E-state index in [2.05, 4.69) is 31.8 Å². The van der Waals surface area contributed by atoms with Crippen LogP contribution in [0.4, 0.5) is 0 Å². The monoisotopic (exact) mass is 151 g/mol. The maximum Gasteiger partial charge on any atom is 0.0201 e. The van der Waals surface area contributed by atoms with Crippen LogP contribution >= 0.6 is 0 Å². The smallest absolute Gasteiger partial charge is 0.0201 e. The number of rotatable bonds is 4. The largest absolute Gasteiger partial charge is 0.316 e. The second kappa shape index (κ2) is 5.93. The lowest BCUT2D eigenvalue weighted by Gasteiger charge is -2.02. The molecule has 0 heterocycles. The molecule has 0 aliphatic rings. The van der Waals surface area contributed by atoms with Crippen molar-refractivity contribution >= 4 is 0 Å². The first-order valence-corrected chi connectivity index (χ1v) is 3.82. The molecular formula is C10H17N. The van der Waals surface area contributed by atoms with E-state index < -0.39 is 0 Å². The highest BCUT2D eigenvalue weighted by molar-refractivity contribution is 5.26. The van der Waals surface area contributed by atoms with Gasteiger partial charge < -0.3 is 5.32 Å². The summed E-state index contributed by atoms with van der Waals surface area (Å²) >= 11 is 0. The second-order valence-electron chi connectivity index (χ2n) is 2.65. The van der Waals surface area contributed by atoms with Gasteiger partial charge >= 0.3 is 0 Å². The molecule has 0 aromatic carbocycles. The fraction of sp³-hybridized carbons (Fsp3) is 0.400. The van der Waals surface area contributed by atoms with E-state index in [1.807, 2.05) is 13.1 Å². The zero-order valence-electron chi connectivity index (χ0n) is 7.65. The molecule has 0 spiro atoms. The van der Waals surface area contributed by atoms with Gasteiger partial charge in [0.15, 0.2) is 0 Å². The van der Waals surface area contributed by atoms with E-state index in [1.165, 1.54) is 11.1 Å². The molecule has 1 heteroatoms. The van der Waals surface area contributed by atoms with Gasteiger partial charge in [0.05, 0.1) is 0 Å². The molecule has 0 unspecified atom stereocenters. The third-order valence-corrected chi connectivity index (χ3v) is 1.44. The molecule has 0 atom stereocenters. The summed E-state index contributed by atoms with van der Waals surface area (Å²) in [4.78, 5) is 0. The van der Waals surface area contributed by atoms with Gasteiger partial charge in [-0.2, -0.15) is 0 Å². The number of allylic oxidation sites excluding steroid dienone is 3. The third kappa shape index (κ3) is 4.57. The lowest BCUT2D eigenvalue weighted by molar-refractivity contribution is 0.886. The van der Waals surface area contributed by atoms with Crippen molar-refractivity contribution in [1.82, 2.24) is 5.32 Å². The first kappa shape index (κ1) is 10.2. The quantitative estimate of drug-likeness (QED) is 0.608. The Morgan fingerprint density at radius 2 is 2.09 bits per heavy atom. The standard InChI is InChI=1S/C10H17N/c1-5-6-7-10(8-11-4)9(2)3/h5-7,11H,1,8H2,2-4H3/b7-6-. The Hall–Kier alpha value is -0.820. The molecule has 0 fully saturated rings. The van der Waals surface area contributed by atoms with E-state index in [1.54, 1.807) is 6.08 Å². The Labute approximate surface area is 69.5 Å². The summed E-state index contributed by atoms with van der Waals surface area (Å²) in [6.45, 7) is 8.77. The predicted molar refractivity (Wildman–Crippen MR) is 51.6 cm³/mol. The maximum absolute atomic E-state index is 3.62. The van der Waals surface area contributed by atoms with Crippen molar-refractivity contribution in [3.05, 3.63) is 36.0 Å². The van der Waals surface area contributed by atoms with Gasteiger partial charge in [-0.25, -0.2) is 0 Å². The van der Waals surface area contributed by atoms with Gasteiger partial charge in [0.2, 0.25) is 0 Å². The Bertz CT molecular complexity index is 171. The number of hydrogen-bond donors (Lipinski definition) is 1. The number of likely N-dealkylation sites (N-methyl/N-ethyl adjacent to an activating group) is 1. The molecule has 0 amide bonds. The second-order valence-corrected chi connectivity index (χ2v) is 2.65. The molecule has 0 aliphatic carbocycles. The van der Waals surface area contributed by atoms with Crippen molar-refractivity contribution in [3.8, 4) is 0 Å². The van der Waals surface area contributed by atoms with Gasteiger partial charge in [-0.3, -0.25) is 0 Å². The summed E-state index contributed by atoms with van der Waals surface area (Å²) in [5.74, 6) is 0. The van der Waals surface area contributed by atoms with E-state index in [0.29, 0.717) is 0 Å². The van der Waals surface area contributed by atoms with Gasteiger partial charge in [0.1, 0.15) is 0 Å². The highest BCUT2D eigenvalue weighted by Gasteiger charge is 1.90. The van der Waals surface area contributed by atoms with E-state index in [0.717, 1.165) is 6.54 Å². The summed E-state index contributed by atoms with van der Waals surface area (Å²) in [5, 5.41) is 3.11. The maximum atomic E-state index is 3.62. The van der Waals surface area contributed by atoms with Crippen LogP contribution in [0.15, 0.2) is 36.0 Å². The minimum absolute atomic E-state index is 0.923. The van der Waals surface area contributed by atoms with Crippen LogP contribution in [0.5, 0.6) is 0 Å². The Morgan fingerprint density at radius 1 is 1.45 bits per heavy atom. The molecule has 0 bridgehead atoms. The topological polar surface area (TPSA) is 12.0 Å². The molecule has 0 radical (unpaired) electrons. The highest BCUT2D eigenvalue weighted by Crippen LogP contribution is 2.03. The Balaban J connectivity index is 4.23. The molecule has 0 rings (SSSR count). The van der Waals surface area contributed by atoms with Crippen molar-refractivity contribution < 1.29 is 0 Å². The average Bonchev–Trinajstić information content (AvgIpc) is 1.97. The first-order valence-electron chi connectivity index (χ1n) is 3.82. The third-order valence-electron chi connectivity index (χ3n) is 1.44. The lowest BCUT2D eigenvalue weighted by atomic mass is 10.1. The first-order chi connectivity index (χ1) is 5.22.